The largest absolute Gasteiger partial charge is 0.334 e. The van der Waals surface area contributed by atoms with Crippen molar-refractivity contribution in [3.05, 3.63) is 95.3 Å². The number of aromatic nitrogens is 2. The highest BCUT2D eigenvalue weighted by atomic mass is 35.5. The van der Waals surface area contributed by atoms with E-state index >= 15 is 0 Å². The van der Waals surface area contributed by atoms with E-state index in [1.165, 1.54) is 6.42 Å². The van der Waals surface area contributed by atoms with Crippen LogP contribution < -0.4 is 4.90 Å². The van der Waals surface area contributed by atoms with Crippen molar-refractivity contribution >= 4 is 40.1 Å². The first-order valence-electron chi connectivity index (χ1n) is 13.9. The van der Waals surface area contributed by atoms with Crippen LogP contribution in [0.2, 0.25) is 5.02 Å². The third-order valence-electron chi connectivity index (χ3n) is 8.14. The highest BCUT2D eigenvalue weighted by Gasteiger charge is 2.36. The normalized spacial score (nSPS) is 18.1. The van der Waals surface area contributed by atoms with Crippen LogP contribution in [0, 0.1) is 0 Å². The monoisotopic (exact) mass is 540 g/mol. The number of carbonyl (C=O) groups excluding carboxylic acids is 2. The maximum atomic E-state index is 14.1. The Morgan fingerprint density at radius 2 is 1.64 bits per heavy atom. The molecule has 6 rings (SSSR count). The number of hydrogen-bond acceptors (Lipinski definition) is 3. The molecule has 1 saturated carbocycles. The average Bonchev–Trinajstić information content (AvgIpc) is 3.53. The topological polar surface area (TPSA) is 58.4 Å². The summed E-state index contributed by atoms with van der Waals surface area (Å²) in [5, 5.41) is 0.555. The van der Waals surface area contributed by atoms with Crippen molar-refractivity contribution in [2.75, 3.05) is 11.4 Å². The van der Waals surface area contributed by atoms with Gasteiger partial charge in [-0.05, 0) is 42.7 Å². The summed E-state index contributed by atoms with van der Waals surface area (Å²) in [6.07, 6.45) is 5.96. The fraction of sp³-hybridized carbons (Fsp3) is 0.344. The molecule has 2 fully saturated rings. The van der Waals surface area contributed by atoms with E-state index in [2.05, 4.69) is 17.0 Å². The minimum atomic E-state index is -0.133. The zero-order chi connectivity index (χ0) is 26.8. The number of carbonyl (C=O) groups is 2. The minimum absolute atomic E-state index is 0.0194. The van der Waals surface area contributed by atoms with Gasteiger partial charge in [0, 0.05) is 31.5 Å². The molecule has 0 bridgehead atoms. The lowest BCUT2D eigenvalue weighted by Crippen LogP contribution is -2.42. The van der Waals surface area contributed by atoms with Gasteiger partial charge in [0.25, 0.3) is 0 Å². The van der Waals surface area contributed by atoms with Gasteiger partial charge < -0.3 is 14.4 Å². The van der Waals surface area contributed by atoms with Crippen molar-refractivity contribution in [2.45, 2.75) is 63.6 Å². The van der Waals surface area contributed by atoms with Gasteiger partial charge in [-0.1, -0.05) is 85.5 Å². The SMILES string of the molecule is O=C1CC(c2nc3ccccc3n2CC(=O)N(Cc2ccccc2)C2CCCCC2)CN1c1ccccc1Cl. The van der Waals surface area contributed by atoms with Crippen molar-refractivity contribution in [1.82, 2.24) is 14.5 Å². The Hall–Kier alpha value is -3.64. The smallest absolute Gasteiger partial charge is 0.243 e. The van der Waals surface area contributed by atoms with Crippen LogP contribution in [-0.2, 0) is 22.7 Å². The predicted octanol–water partition coefficient (Wildman–Crippen LogP) is 6.57. The quantitative estimate of drug-likeness (QED) is 0.266. The van der Waals surface area contributed by atoms with Gasteiger partial charge in [-0.3, -0.25) is 9.59 Å². The Kier molecular flexibility index (Phi) is 7.38. The molecule has 0 radical (unpaired) electrons. The number of hydrogen-bond donors (Lipinski definition) is 0. The van der Waals surface area contributed by atoms with Gasteiger partial charge in [-0.25, -0.2) is 4.98 Å². The molecule has 4 aromatic rings. The fourth-order valence-corrected chi connectivity index (χ4v) is 6.41. The molecule has 2 aliphatic rings. The number of benzene rings is 3. The van der Waals surface area contributed by atoms with Crippen LogP contribution in [-0.4, -0.2) is 38.9 Å². The molecule has 7 heteroatoms. The number of fused-ring (bicyclic) bond motifs is 1. The zero-order valence-corrected chi connectivity index (χ0v) is 22.8. The average molecular weight is 541 g/mol. The predicted molar refractivity (Wildman–Crippen MR) is 155 cm³/mol. The lowest BCUT2D eigenvalue weighted by molar-refractivity contribution is -0.135. The summed E-state index contributed by atoms with van der Waals surface area (Å²) in [7, 11) is 0. The summed E-state index contributed by atoms with van der Waals surface area (Å²) in [5.41, 5.74) is 3.63. The first-order chi connectivity index (χ1) is 19.1. The Morgan fingerprint density at radius 1 is 0.923 bits per heavy atom. The van der Waals surface area contributed by atoms with Gasteiger partial charge in [0.15, 0.2) is 0 Å². The molecule has 0 N–H and O–H groups in total. The Balaban J connectivity index is 1.32. The van der Waals surface area contributed by atoms with E-state index in [0.29, 0.717) is 24.5 Å². The molecule has 2 amide bonds. The Labute approximate surface area is 234 Å². The second kappa shape index (κ2) is 11.2. The van der Waals surface area contributed by atoms with Crippen LogP contribution in [0.25, 0.3) is 11.0 Å². The summed E-state index contributed by atoms with van der Waals surface area (Å²) in [6, 6.07) is 25.9. The third kappa shape index (κ3) is 5.30. The van der Waals surface area contributed by atoms with Crippen molar-refractivity contribution in [1.29, 1.82) is 0 Å². The van der Waals surface area contributed by atoms with Gasteiger partial charge in [0.2, 0.25) is 11.8 Å². The summed E-state index contributed by atoms with van der Waals surface area (Å²) in [4.78, 5) is 36.0. The molecule has 1 aromatic heterocycles. The standard InChI is InChI=1S/C32H33ClN4O2/c33-26-15-7-9-17-28(26)36-21-24(19-30(36)38)32-34-27-16-8-10-18-29(27)37(32)22-31(39)35(25-13-5-2-6-14-25)20-23-11-3-1-4-12-23/h1,3-4,7-12,15-18,24-25H,2,5-6,13-14,19-22H2. The van der Waals surface area contributed by atoms with E-state index in [0.717, 1.165) is 53.8 Å². The van der Waals surface area contributed by atoms with E-state index in [9.17, 15) is 9.59 Å². The lowest BCUT2D eigenvalue weighted by Gasteiger charge is -2.35. The van der Waals surface area contributed by atoms with Crippen LogP contribution >= 0.6 is 11.6 Å². The van der Waals surface area contributed by atoms with Crippen LogP contribution in [0.4, 0.5) is 5.69 Å². The van der Waals surface area contributed by atoms with Gasteiger partial charge in [0.05, 0.1) is 21.7 Å². The molecular formula is C32H33ClN4O2. The number of anilines is 1. The molecule has 200 valence electrons. The summed E-state index contributed by atoms with van der Waals surface area (Å²) < 4.78 is 2.05. The van der Waals surface area contributed by atoms with Crippen molar-refractivity contribution in [3.8, 4) is 0 Å². The molecule has 6 nitrogen and oxygen atoms in total. The van der Waals surface area contributed by atoms with E-state index < -0.39 is 0 Å². The molecule has 0 spiro atoms. The summed E-state index contributed by atoms with van der Waals surface area (Å²) >= 11 is 6.44. The number of amides is 2. The lowest BCUT2D eigenvalue weighted by atomic mass is 9.93. The Bertz CT molecular complexity index is 1480. The molecule has 1 aliphatic carbocycles. The van der Waals surface area contributed by atoms with Gasteiger partial charge in [-0.15, -0.1) is 0 Å². The second-order valence-electron chi connectivity index (χ2n) is 10.7. The Morgan fingerprint density at radius 3 is 2.44 bits per heavy atom. The highest BCUT2D eigenvalue weighted by molar-refractivity contribution is 6.33. The zero-order valence-electron chi connectivity index (χ0n) is 22.0. The number of halogens is 1. The van der Waals surface area contributed by atoms with Gasteiger partial charge in [-0.2, -0.15) is 0 Å². The van der Waals surface area contributed by atoms with Crippen LogP contribution in [0.1, 0.15) is 55.8 Å². The third-order valence-corrected chi connectivity index (χ3v) is 8.46. The highest BCUT2D eigenvalue weighted by Crippen LogP contribution is 2.36. The summed E-state index contributed by atoms with van der Waals surface area (Å²) in [5.74, 6) is 0.773. The molecule has 2 heterocycles. The van der Waals surface area contributed by atoms with Crippen LogP contribution in [0.15, 0.2) is 78.9 Å². The molecular weight excluding hydrogens is 508 g/mol. The number of imidazole rings is 1. The molecule has 1 unspecified atom stereocenters. The minimum Gasteiger partial charge on any atom is -0.334 e. The fourth-order valence-electron chi connectivity index (χ4n) is 6.18. The number of para-hydroxylation sites is 3. The maximum Gasteiger partial charge on any atom is 0.243 e. The van der Waals surface area contributed by atoms with Gasteiger partial charge in [0.1, 0.15) is 12.4 Å². The van der Waals surface area contributed by atoms with E-state index in [1.807, 2.05) is 65.2 Å². The van der Waals surface area contributed by atoms with Crippen LogP contribution in [0.5, 0.6) is 0 Å². The second-order valence-corrected chi connectivity index (χ2v) is 11.1. The van der Waals surface area contributed by atoms with Crippen molar-refractivity contribution < 1.29 is 9.59 Å². The molecule has 1 atom stereocenters. The van der Waals surface area contributed by atoms with Crippen LogP contribution in [0.3, 0.4) is 0 Å². The first-order valence-corrected chi connectivity index (χ1v) is 14.3. The maximum absolute atomic E-state index is 14.1. The van der Waals surface area contributed by atoms with Crippen molar-refractivity contribution in [3.63, 3.8) is 0 Å². The molecule has 1 aliphatic heterocycles. The molecule has 1 saturated heterocycles. The van der Waals surface area contributed by atoms with Gasteiger partial charge >= 0.3 is 0 Å². The number of nitrogens with zero attached hydrogens (tertiary/aromatic N) is 4. The number of rotatable bonds is 7. The van der Waals surface area contributed by atoms with E-state index in [1.54, 1.807) is 11.0 Å². The van der Waals surface area contributed by atoms with Crippen molar-refractivity contribution in [2.24, 2.45) is 0 Å². The first kappa shape index (κ1) is 25.6. The van der Waals surface area contributed by atoms with E-state index in [4.69, 9.17) is 16.6 Å². The summed E-state index contributed by atoms with van der Waals surface area (Å²) in [6.45, 7) is 1.29. The molecule has 3 aromatic carbocycles. The van der Waals surface area contributed by atoms with E-state index in [-0.39, 0.29) is 30.3 Å². The molecule has 39 heavy (non-hydrogen) atoms.